The molecule has 1 aromatic heterocycles. The van der Waals surface area contributed by atoms with E-state index in [0.717, 1.165) is 19.5 Å². The summed E-state index contributed by atoms with van der Waals surface area (Å²) in [5, 5.41) is 12.0. The third kappa shape index (κ3) is 4.83. The lowest BCUT2D eigenvalue weighted by molar-refractivity contribution is 0.0739. The van der Waals surface area contributed by atoms with Crippen LogP contribution in [0.15, 0.2) is 10.6 Å². The van der Waals surface area contributed by atoms with Crippen molar-refractivity contribution in [2.45, 2.75) is 18.6 Å². The molecule has 2 rings (SSSR count). The Morgan fingerprint density at radius 2 is 2.17 bits per heavy atom. The van der Waals surface area contributed by atoms with Crippen LogP contribution in [0.5, 0.6) is 0 Å². The molecule has 0 saturated carbocycles. The van der Waals surface area contributed by atoms with Crippen LogP contribution in [0.1, 0.15) is 22.7 Å². The van der Waals surface area contributed by atoms with Gasteiger partial charge in [-0.05, 0) is 20.5 Å². The minimum Gasteiger partial charge on any atom is -0.441 e. The van der Waals surface area contributed by atoms with E-state index < -0.39 is 6.09 Å². The average molecular weight is 362 g/mol. The number of nitrogens with one attached hydrogen (secondary N) is 3. The molecule has 0 bridgehead atoms. The fourth-order valence-corrected chi connectivity index (χ4v) is 2.33. The Labute approximate surface area is 146 Å². The topological polar surface area (TPSA) is 109 Å². The molecular formula is C14H24ClN5O4. The summed E-state index contributed by atoms with van der Waals surface area (Å²) in [6, 6.07) is 1.44. The molecule has 136 valence electrons. The monoisotopic (exact) mass is 361 g/mol. The van der Waals surface area contributed by atoms with Gasteiger partial charge in [0.25, 0.3) is 5.91 Å². The van der Waals surface area contributed by atoms with E-state index in [4.69, 9.17) is 9.26 Å². The van der Waals surface area contributed by atoms with Crippen LogP contribution in [-0.4, -0.2) is 68.4 Å². The van der Waals surface area contributed by atoms with Crippen molar-refractivity contribution >= 4 is 24.4 Å². The van der Waals surface area contributed by atoms with Crippen molar-refractivity contribution in [3.63, 3.8) is 0 Å². The van der Waals surface area contributed by atoms with Gasteiger partial charge in [-0.1, -0.05) is 5.16 Å². The minimum atomic E-state index is -0.524. The zero-order valence-electron chi connectivity index (χ0n) is 14.0. The van der Waals surface area contributed by atoms with Crippen LogP contribution in [0.4, 0.5) is 4.79 Å². The summed E-state index contributed by atoms with van der Waals surface area (Å²) in [5.41, 5.74) is 0.248. The van der Waals surface area contributed by atoms with E-state index in [1.54, 1.807) is 0 Å². The van der Waals surface area contributed by atoms with Gasteiger partial charge in [0.2, 0.25) is 0 Å². The summed E-state index contributed by atoms with van der Waals surface area (Å²) in [7, 11) is 5.57. The summed E-state index contributed by atoms with van der Waals surface area (Å²) >= 11 is 0. The van der Waals surface area contributed by atoms with Gasteiger partial charge in [-0.3, -0.25) is 4.79 Å². The predicted molar refractivity (Wildman–Crippen MR) is 89.2 cm³/mol. The number of amides is 2. The van der Waals surface area contributed by atoms with Crippen LogP contribution in [0, 0.1) is 0 Å². The second-order valence-electron chi connectivity index (χ2n) is 5.73. The SMILES string of the molecule is CNC(=O)c1cc(COC(=O)NCCC2(N(C)C)CNC2)on1.Cl. The molecule has 1 aromatic rings. The Bertz CT molecular complexity index is 559. The molecule has 10 heteroatoms. The smallest absolute Gasteiger partial charge is 0.407 e. The second-order valence-corrected chi connectivity index (χ2v) is 5.73. The van der Waals surface area contributed by atoms with E-state index in [1.807, 2.05) is 14.1 Å². The minimum absolute atomic E-state index is 0. The first-order valence-electron chi connectivity index (χ1n) is 7.43. The lowest BCUT2D eigenvalue weighted by Gasteiger charge is -2.48. The number of carbonyl (C=O) groups excluding carboxylic acids is 2. The van der Waals surface area contributed by atoms with Crippen molar-refractivity contribution in [2.75, 3.05) is 40.8 Å². The predicted octanol–water partition coefficient (Wildman–Crippen LogP) is -0.0241. The number of carbonyl (C=O) groups is 2. The fourth-order valence-electron chi connectivity index (χ4n) is 2.33. The standard InChI is InChI=1S/C14H23N5O4.ClH/c1-15-12(20)11-6-10(23-18-11)7-22-13(21)17-5-4-14(19(2)3)8-16-9-14;/h6,16H,4-5,7-9H2,1-3H3,(H,15,20)(H,17,21);1H. The van der Waals surface area contributed by atoms with Crippen LogP contribution >= 0.6 is 12.4 Å². The molecule has 1 aliphatic heterocycles. The van der Waals surface area contributed by atoms with Crippen LogP contribution in [-0.2, 0) is 11.3 Å². The number of nitrogens with zero attached hydrogens (tertiary/aromatic N) is 2. The van der Waals surface area contributed by atoms with Gasteiger partial charge < -0.3 is 30.1 Å². The molecule has 0 aliphatic carbocycles. The fraction of sp³-hybridized carbons (Fsp3) is 0.643. The van der Waals surface area contributed by atoms with Crippen molar-refractivity contribution in [1.82, 2.24) is 26.0 Å². The third-order valence-corrected chi connectivity index (χ3v) is 4.08. The molecule has 1 saturated heterocycles. The first kappa shape index (κ1) is 20.2. The highest BCUT2D eigenvalue weighted by atomic mass is 35.5. The van der Waals surface area contributed by atoms with Gasteiger partial charge in [0, 0.05) is 38.3 Å². The maximum atomic E-state index is 11.7. The number of alkyl carbamates (subject to hydrolysis) is 1. The molecule has 9 nitrogen and oxygen atoms in total. The first-order chi connectivity index (χ1) is 11.0. The molecule has 3 N–H and O–H groups in total. The molecule has 2 heterocycles. The van der Waals surface area contributed by atoms with Crippen LogP contribution in [0.3, 0.4) is 0 Å². The number of hydrogen-bond donors (Lipinski definition) is 3. The van der Waals surface area contributed by atoms with E-state index in [0.29, 0.717) is 12.3 Å². The first-order valence-corrected chi connectivity index (χ1v) is 7.43. The number of likely N-dealkylation sites (N-methyl/N-ethyl adjacent to an activating group) is 1. The number of rotatable bonds is 7. The maximum absolute atomic E-state index is 11.7. The second kappa shape index (κ2) is 8.86. The Hall–Kier alpha value is -1.84. The van der Waals surface area contributed by atoms with Gasteiger partial charge in [0.1, 0.15) is 0 Å². The number of aromatic nitrogens is 1. The molecular weight excluding hydrogens is 338 g/mol. The summed E-state index contributed by atoms with van der Waals surface area (Å²) in [6.07, 6.45) is 0.315. The van der Waals surface area contributed by atoms with Crippen molar-refractivity contribution < 1.29 is 18.8 Å². The van der Waals surface area contributed by atoms with Gasteiger partial charge in [-0.2, -0.15) is 0 Å². The Kier molecular flexibility index (Phi) is 7.46. The quantitative estimate of drug-likeness (QED) is 0.626. The Morgan fingerprint density at radius 1 is 1.46 bits per heavy atom. The lowest BCUT2D eigenvalue weighted by atomic mass is 9.87. The molecule has 0 spiro atoms. The average Bonchev–Trinajstić information content (AvgIpc) is 2.95. The van der Waals surface area contributed by atoms with Gasteiger partial charge in [-0.25, -0.2) is 4.79 Å². The molecule has 1 fully saturated rings. The van der Waals surface area contributed by atoms with Crippen molar-refractivity contribution in [1.29, 1.82) is 0 Å². The van der Waals surface area contributed by atoms with Crippen molar-refractivity contribution in [3.8, 4) is 0 Å². The van der Waals surface area contributed by atoms with Crippen molar-refractivity contribution in [2.24, 2.45) is 0 Å². The van der Waals surface area contributed by atoms with Gasteiger partial charge >= 0.3 is 6.09 Å². The normalized spacial score (nSPS) is 15.2. The largest absolute Gasteiger partial charge is 0.441 e. The highest BCUT2D eigenvalue weighted by Crippen LogP contribution is 2.21. The summed E-state index contributed by atoms with van der Waals surface area (Å²) in [5.74, 6) is -0.0424. The maximum Gasteiger partial charge on any atom is 0.407 e. The van der Waals surface area contributed by atoms with Gasteiger partial charge in [0.05, 0.1) is 0 Å². The highest BCUT2D eigenvalue weighted by Gasteiger charge is 2.38. The van der Waals surface area contributed by atoms with E-state index in [9.17, 15) is 9.59 Å². The van der Waals surface area contributed by atoms with E-state index >= 15 is 0 Å². The summed E-state index contributed by atoms with van der Waals surface area (Å²) in [4.78, 5) is 25.2. The van der Waals surface area contributed by atoms with E-state index in [1.165, 1.54) is 13.1 Å². The van der Waals surface area contributed by atoms with E-state index in [-0.39, 0.29) is 36.2 Å². The summed E-state index contributed by atoms with van der Waals surface area (Å²) < 4.78 is 9.96. The number of halogens is 1. The van der Waals surface area contributed by atoms with Crippen LogP contribution in [0.25, 0.3) is 0 Å². The van der Waals surface area contributed by atoms with Crippen LogP contribution in [0.2, 0.25) is 0 Å². The highest BCUT2D eigenvalue weighted by molar-refractivity contribution is 5.91. The molecule has 2 amide bonds. The van der Waals surface area contributed by atoms with Gasteiger partial charge in [-0.15, -0.1) is 12.4 Å². The lowest BCUT2D eigenvalue weighted by Crippen LogP contribution is -2.67. The van der Waals surface area contributed by atoms with Gasteiger partial charge in [0.15, 0.2) is 18.1 Å². The molecule has 0 atom stereocenters. The Balaban J connectivity index is 0.00000288. The third-order valence-electron chi connectivity index (χ3n) is 4.08. The zero-order valence-corrected chi connectivity index (χ0v) is 14.9. The molecule has 0 radical (unpaired) electrons. The zero-order chi connectivity index (χ0) is 16.9. The summed E-state index contributed by atoms with van der Waals surface area (Å²) in [6.45, 7) is 2.28. The molecule has 0 unspecified atom stereocenters. The number of hydrogen-bond acceptors (Lipinski definition) is 7. The van der Waals surface area contributed by atoms with Crippen LogP contribution < -0.4 is 16.0 Å². The molecule has 24 heavy (non-hydrogen) atoms. The molecule has 1 aliphatic rings. The number of ether oxygens (including phenoxy) is 1. The Morgan fingerprint density at radius 3 is 2.71 bits per heavy atom. The van der Waals surface area contributed by atoms with Crippen molar-refractivity contribution in [3.05, 3.63) is 17.5 Å². The molecule has 0 aromatic carbocycles. The van der Waals surface area contributed by atoms with E-state index in [2.05, 4.69) is 26.0 Å².